The Labute approximate surface area is 164 Å². The van der Waals surface area contributed by atoms with Crippen LogP contribution in [0.5, 0.6) is 0 Å². The summed E-state index contributed by atoms with van der Waals surface area (Å²) in [6.45, 7) is 5.99. The number of carbonyl (C=O) groups is 1. The number of nitrogens with one attached hydrogen (secondary N) is 1. The van der Waals surface area contributed by atoms with Gasteiger partial charge in [0.25, 0.3) is 0 Å². The van der Waals surface area contributed by atoms with Crippen molar-refractivity contribution in [1.29, 1.82) is 0 Å². The van der Waals surface area contributed by atoms with Crippen LogP contribution in [0.15, 0.2) is 66.9 Å². The van der Waals surface area contributed by atoms with Gasteiger partial charge >= 0.3 is 0 Å². The van der Waals surface area contributed by atoms with Gasteiger partial charge in [0.1, 0.15) is 5.82 Å². The van der Waals surface area contributed by atoms with Crippen molar-refractivity contribution in [2.75, 3.05) is 0 Å². The first-order chi connectivity index (χ1) is 13.4. The van der Waals surface area contributed by atoms with E-state index in [1.807, 2.05) is 57.3 Å². The standard InChI is InChI=1S/C23H24FN3O/c1-4-23(2,3)25-21(28)15-12-18-16-27(20-8-6-5-7-9-20)26-22(18)17-10-13-19(24)14-11-17/h5-16H,4H2,1-3H3,(H,25,28)/b15-12+. The van der Waals surface area contributed by atoms with Gasteiger partial charge in [-0.1, -0.05) is 25.1 Å². The third-order valence-electron chi connectivity index (χ3n) is 4.64. The van der Waals surface area contributed by atoms with Crippen LogP contribution in [0.3, 0.4) is 0 Å². The van der Waals surface area contributed by atoms with Gasteiger partial charge in [-0.25, -0.2) is 9.07 Å². The summed E-state index contributed by atoms with van der Waals surface area (Å²) in [5, 5.41) is 7.64. The predicted molar refractivity (Wildman–Crippen MR) is 111 cm³/mol. The molecule has 0 radical (unpaired) electrons. The van der Waals surface area contributed by atoms with Crippen molar-refractivity contribution < 1.29 is 9.18 Å². The lowest BCUT2D eigenvalue weighted by atomic mass is 10.0. The Kier molecular flexibility index (Phi) is 5.73. The quantitative estimate of drug-likeness (QED) is 0.615. The molecule has 0 spiro atoms. The Morgan fingerprint density at radius 3 is 2.46 bits per heavy atom. The second-order valence-electron chi connectivity index (χ2n) is 7.28. The molecular formula is C23H24FN3O. The Hall–Kier alpha value is -3.21. The van der Waals surface area contributed by atoms with Crippen LogP contribution >= 0.6 is 0 Å². The predicted octanol–water partition coefficient (Wildman–Crippen LogP) is 5.00. The summed E-state index contributed by atoms with van der Waals surface area (Å²) in [5.41, 5.74) is 2.88. The lowest BCUT2D eigenvalue weighted by molar-refractivity contribution is -0.117. The SMILES string of the molecule is CCC(C)(C)NC(=O)/C=C/c1cn(-c2ccccc2)nc1-c1ccc(F)cc1. The molecule has 0 saturated heterocycles. The molecule has 144 valence electrons. The zero-order valence-corrected chi connectivity index (χ0v) is 16.3. The number of benzene rings is 2. The number of halogens is 1. The highest BCUT2D eigenvalue weighted by atomic mass is 19.1. The highest BCUT2D eigenvalue weighted by Crippen LogP contribution is 2.25. The lowest BCUT2D eigenvalue weighted by Gasteiger charge is -2.23. The summed E-state index contributed by atoms with van der Waals surface area (Å²) < 4.78 is 15.1. The van der Waals surface area contributed by atoms with Gasteiger partial charge in [0.05, 0.1) is 11.4 Å². The van der Waals surface area contributed by atoms with E-state index >= 15 is 0 Å². The number of nitrogens with zero attached hydrogens (tertiary/aromatic N) is 2. The first-order valence-corrected chi connectivity index (χ1v) is 9.29. The third-order valence-corrected chi connectivity index (χ3v) is 4.64. The van der Waals surface area contributed by atoms with Gasteiger partial charge in [-0.3, -0.25) is 4.79 Å². The molecule has 5 heteroatoms. The molecular weight excluding hydrogens is 353 g/mol. The molecule has 3 rings (SSSR count). The molecule has 0 unspecified atom stereocenters. The van der Waals surface area contributed by atoms with Crippen LogP contribution in [0.2, 0.25) is 0 Å². The maximum Gasteiger partial charge on any atom is 0.244 e. The molecule has 1 heterocycles. The number of carbonyl (C=O) groups excluding carboxylic acids is 1. The van der Waals surface area contributed by atoms with Crippen molar-refractivity contribution in [3.63, 3.8) is 0 Å². The molecule has 0 saturated carbocycles. The summed E-state index contributed by atoms with van der Waals surface area (Å²) >= 11 is 0. The van der Waals surface area contributed by atoms with Crippen LogP contribution in [0.25, 0.3) is 23.0 Å². The number of rotatable bonds is 6. The molecule has 0 fully saturated rings. The maximum absolute atomic E-state index is 13.3. The normalized spacial score (nSPS) is 11.7. The van der Waals surface area contributed by atoms with Crippen molar-refractivity contribution in [2.24, 2.45) is 0 Å². The third kappa shape index (κ3) is 4.74. The number of para-hydroxylation sites is 1. The van der Waals surface area contributed by atoms with Crippen molar-refractivity contribution >= 4 is 12.0 Å². The monoisotopic (exact) mass is 377 g/mol. The van der Waals surface area contributed by atoms with E-state index in [1.54, 1.807) is 22.9 Å². The highest BCUT2D eigenvalue weighted by Gasteiger charge is 2.16. The summed E-state index contributed by atoms with van der Waals surface area (Å²) in [7, 11) is 0. The molecule has 0 aliphatic carbocycles. The van der Waals surface area contributed by atoms with Crippen LogP contribution in [0.4, 0.5) is 4.39 Å². The highest BCUT2D eigenvalue weighted by molar-refractivity contribution is 5.93. The summed E-state index contributed by atoms with van der Waals surface area (Å²) in [4.78, 5) is 12.3. The van der Waals surface area contributed by atoms with Crippen LogP contribution in [-0.4, -0.2) is 21.2 Å². The molecule has 0 aliphatic heterocycles. The van der Waals surface area contributed by atoms with Crippen LogP contribution in [0.1, 0.15) is 32.8 Å². The Balaban J connectivity index is 1.96. The minimum atomic E-state index is -0.301. The maximum atomic E-state index is 13.3. The average Bonchev–Trinajstić information content (AvgIpc) is 3.12. The summed E-state index contributed by atoms with van der Waals surface area (Å²) in [6.07, 6.45) is 5.95. The molecule has 0 bridgehead atoms. The van der Waals surface area contributed by atoms with Crippen molar-refractivity contribution in [1.82, 2.24) is 15.1 Å². The second-order valence-corrected chi connectivity index (χ2v) is 7.28. The van der Waals surface area contributed by atoms with Crippen LogP contribution < -0.4 is 5.32 Å². The Bertz CT molecular complexity index is 973. The first-order valence-electron chi connectivity index (χ1n) is 9.29. The number of hydrogen-bond acceptors (Lipinski definition) is 2. The van der Waals surface area contributed by atoms with Gasteiger partial charge in [0, 0.05) is 28.9 Å². The van der Waals surface area contributed by atoms with E-state index in [1.165, 1.54) is 18.2 Å². The van der Waals surface area contributed by atoms with Gasteiger partial charge in [-0.05, 0) is 62.7 Å². The van der Waals surface area contributed by atoms with Gasteiger partial charge in [0.2, 0.25) is 5.91 Å². The van der Waals surface area contributed by atoms with E-state index in [4.69, 9.17) is 0 Å². The lowest BCUT2D eigenvalue weighted by Crippen LogP contribution is -2.41. The van der Waals surface area contributed by atoms with Gasteiger partial charge in [-0.2, -0.15) is 5.10 Å². The second kappa shape index (κ2) is 8.21. The number of aromatic nitrogens is 2. The minimum absolute atomic E-state index is 0.163. The van der Waals surface area contributed by atoms with Crippen LogP contribution in [-0.2, 0) is 4.79 Å². The first kappa shape index (κ1) is 19.5. The van der Waals surface area contributed by atoms with E-state index < -0.39 is 0 Å². The van der Waals surface area contributed by atoms with Crippen molar-refractivity contribution in [3.05, 3.63) is 78.3 Å². The molecule has 2 aromatic carbocycles. The summed E-state index contributed by atoms with van der Waals surface area (Å²) in [5.74, 6) is -0.464. The van der Waals surface area contributed by atoms with E-state index in [-0.39, 0.29) is 17.3 Å². The Morgan fingerprint density at radius 2 is 1.82 bits per heavy atom. The zero-order valence-electron chi connectivity index (χ0n) is 16.3. The molecule has 4 nitrogen and oxygen atoms in total. The van der Waals surface area contributed by atoms with Crippen molar-refractivity contribution in [3.8, 4) is 16.9 Å². The average molecular weight is 377 g/mol. The molecule has 3 aromatic rings. The van der Waals surface area contributed by atoms with Crippen LogP contribution in [0, 0.1) is 5.82 Å². The van der Waals surface area contributed by atoms with E-state index in [2.05, 4.69) is 10.4 Å². The van der Waals surface area contributed by atoms with Gasteiger partial charge < -0.3 is 5.32 Å². The van der Waals surface area contributed by atoms with E-state index in [0.717, 1.165) is 23.2 Å². The molecule has 1 N–H and O–H groups in total. The number of amides is 1. The fraction of sp³-hybridized carbons (Fsp3) is 0.217. The molecule has 0 aliphatic rings. The molecule has 0 atom stereocenters. The zero-order chi connectivity index (χ0) is 20.1. The molecule has 28 heavy (non-hydrogen) atoms. The minimum Gasteiger partial charge on any atom is -0.348 e. The largest absolute Gasteiger partial charge is 0.348 e. The van der Waals surface area contributed by atoms with Gasteiger partial charge in [0.15, 0.2) is 0 Å². The topological polar surface area (TPSA) is 46.9 Å². The van der Waals surface area contributed by atoms with E-state index in [0.29, 0.717) is 5.69 Å². The fourth-order valence-electron chi connectivity index (χ4n) is 2.68. The molecule has 1 amide bonds. The number of hydrogen-bond donors (Lipinski definition) is 1. The Morgan fingerprint density at radius 1 is 1.14 bits per heavy atom. The van der Waals surface area contributed by atoms with Gasteiger partial charge in [-0.15, -0.1) is 0 Å². The molecule has 1 aromatic heterocycles. The summed E-state index contributed by atoms with van der Waals surface area (Å²) in [6, 6.07) is 15.9. The van der Waals surface area contributed by atoms with E-state index in [9.17, 15) is 9.18 Å². The fourth-order valence-corrected chi connectivity index (χ4v) is 2.68. The van der Waals surface area contributed by atoms with Crippen molar-refractivity contribution in [2.45, 2.75) is 32.7 Å². The smallest absolute Gasteiger partial charge is 0.244 e.